The van der Waals surface area contributed by atoms with Crippen molar-refractivity contribution in [3.05, 3.63) is 27.7 Å². The number of benzene rings is 1. The fourth-order valence-corrected chi connectivity index (χ4v) is 2.08. The van der Waals surface area contributed by atoms with Crippen molar-refractivity contribution < 1.29 is 19.8 Å². The highest BCUT2D eigenvalue weighted by Gasteiger charge is 2.19. The second-order valence-electron chi connectivity index (χ2n) is 3.63. The van der Waals surface area contributed by atoms with Crippen molar-refractivity contribution >= 4 is 45.2 Å². The first-order valence-electron chi connectivity index (χ1n) is 5.30. The summed E-state index contributed by atoms with van der Waals surface area (Å²) in [4.78, 5) is 22.4. The summed E-state index contributed by atoms with van der Waals surface area (Å²) in [6.45, 7) is -0.331. The van der Waals surface area contributed by atoms with Crippen molar-refractivity contribution in [2.45, 2.75) is 12.5 Å². The third-order valence-corrected chi connectivity index (χ3v) is 3.09. The maximum atomic E-state index is 11.6. The fraction of sp³-hybridized carbons (Fsp3) is 0.273. The minimum Gasteiger partial charge on any atom is -0.480 e. The number of nitrogens with one attached hydrogen (secondary N) is 2. The molecular formula is C11H12BrClN2O4. The molecule has 0 aliphatic carbocycles. The SMILES string of the molecule is O=C(Nc1ccc(Cl)cc1Br)N[C@H](CCO)C(=O)O. The van der Waals surface area contributed by atoms with Gasteiger partial charge in [-0.25, -0.2) is 9.59 Å². The maximum absolute atomic E-state index is 11.6. The van der Waals surface area contributed by atoms with Crippen molar-refractivity contribution in [3.8, 4) is 0 Å². The molecule has 2 amide bonds. The number of halogens is 2. The zero-order valence-corrected chi connectivity index (χ0v) is 12.0. The number of anilines is 1. The minimum absolute atomic E-state index is 0.0649. The molecule has 0 saturated heterocycles. The largest absolute Gasteiger partial charge is 0.480 e. The van der Waals surface area contributed by atoms with Crippen LogP contribution in [0.3, 0.4) is 0 Å². The summed E-state index contributed by atoms with van der Waals surface area (Å²) in [6, 6.07) is 2.94. The number of carboxylic acids is 1. The van der Waals surface area contributed by atoms with Crippen molar-refractivity contribution in [2.24, 2.45) is 0 Å². The number of aliphatic hydroxyl groups excluding tert-OH is 1. The Morgan fingerprint density at radius 2 is 2.11 bits per heavy atom. The van der Waals surface area contributed by atoms with Gasteiger partial charge in [0.05, 0.1) is 5.69 Å². The predicted molar refractivity (Wildman–Crippen MR) is 74.4 cm³/mol. The van der Waals surface area contributed by atoms with Crippen LogP contribution in [0.4, 0.5) is 10.5 Å². The van der Waals surface area contributed by atoms with Crippen LogP contribution in [0.1, 0.15) is 6.42 Å². The van der Waals surface area contributed by atoms with Gasteiger partial charge in [0.25, 0.3) is 0 Å². The number of carbonyl (C=O) groups excluding carboxylic acids is 1. The zero-order chi connectivity index (χ0) is 14.4. The van der Waals surface area contributed by atoms with E-state index in [0.29, 0.717) is 15.2 Å². The average Bonchev–Trinajstić information content (AvgIpc) is 2.32. The van der Waals surface area contributed by atoms with Gasteiger partial charge < -0.3 is 20.8 Å². The van der Waals surface area contributed by atoms with Crippen LogP contribution in [-0.2, 0) is 4.79 Å². The molecule has 0 bridgehead atoms. The van der Waals surface area contributed by atoms with Crippen LogP contribution in [0, 0.1) is 0 Å². The predicted octanol–water partition coefficient (Wildman–Crippen LogP) is 2.06. The number of hydrogen-bond acceptors (Lipinski definition) is 3. The first kappa shape index (κ1) is 15.7. The van der Waals surface area contributed by atoms with Crippen LogP contribution < -0.4 is 10.6 Å². The van der Waals surface area contributed by atoms with E-state index in [2.05, 4.69) is 26.6 Å². The molecule has 4 N–H and O–H groups in total. The van der Waals surface area contributed by atoms with Crippen LogP contribution in [0.5, 0.6) is 0 Å². The van der Waals surface area contributed by atoms with Crippen LogP contribution in [0.25, 0.3) is 0 Å². The van der Waals surface area contributed by atoms with Gasteiger partial charge in [-0.3, -0.25) is 0 Å². The van der Waals surface area contributed by atoms with Crippen molar-refractivity contribution in [3.63, 3.8) is 0 Å². The number of urea groups is 1. The van der Waals surface area contributed by atoms with Crippen LogP contribution in [-0.4, -0.2) is 34.9 Å². The number of carbonyl (C=O) groups is 2. The van der Waals surface area contributed by atoms with E-state index in [1.165, 1.54) is 0 Å². The molecule has 104 valence electrons. The number of hydrogen-bond donors (Lipinski definition) is 4. The fourth-order valence-electron chi connectivity index (χ4n) is 1.29. The van der Waals surface area contributed by atoms with Gasteiger partial charge in [-0.05, 0) is 34.1 Å². The highest BCUT2D eigenvalue weighted by molar-refractivity contribution is 9.10. The van der Waals surface area contributed by atoms with Gasteiger partial charge in [0, 0.05) is 22.5 Å². The maximum Gasteiger partial charge on any atom is 0.326 e. The molecule has 1 aromatic rings. The zero-order valence-electron chi connectivity index (χ0n) is 9.69. The first-order valence-corrected chi connectivity index (χ1v) is 6.47. The Morgan fingerprint density at radius 1 is 1.42 bits per heavy atom. The third-order valence-electron chi connectivity index (χ3n) is 2.20. The van der Waals surface area contributed by atoms with Gasteiger partial charge >= 0.3 is 12.0 Å². The Bertz CT molecular complexity index is 484. The first-order chi connectivity index (χ1) is 8.93. The van der Waals surface area contributed by atoms with E-state index in [4.69, 9.17) is 21.8 Å². The molecule has 1 aromatic carbocycles. The normalized spacial score (nSPS) is 11.7. The molecule has 0 spiro atoms. The lowest BCUT2D eigenvalue weighted by molar-refractivity contribution is -0.139. The lowest BCUT2D eigenvalue weighted by atomic mass is 10.2. The smallest absolute Gasteiger partial charge is 0.326 e. The van der Waals surface area contributed by atoms with Gasteiger partial charge in [-0.15, -0.1) is 0 Å². The summed E-state index contributed by atoms with van der Waals surface area (Å²) in [5.41, 5.74) is 0.454. The summed E-state index contributed by atoms with van der Waals surface area (Å²) in [5.74, 6) is -1.21. The quantitative estimate of drug-likeness (QED) is 0.652. The summed E-state index contributed by atoms with van der Waals surface area (Å²) in [7, 11) is 0. The Labute approximate surface area is 122 Å². The second kappa shape index (κ2) is 7.32. The summed E-state index contributed by atoms with van der Waals surface area (Å²) < 4.78 is 0.573. The highest BCUT2D eigenvalue weighted by atomic mass is 79.9. The molecule has 0 aliphatic heterocycles. The van der Waals surface area contributed by atoms with Gasteiger partial charge in [0.1, 0.15) is 6.04 Å². The topological polar surface area (TPSA) is 98.7 Å². The summed E-state index contributed by atoms with van der Waals surface area (Å²) in [5, 5.41) is 22.8. The molecule has 0 heterocycles. The van der Waals surface area contributed by atoms with E-state index >= 15 is 0 Å². The third kappa shape index (κ3) is 5.06. The van der Waals surface area contributed by atoms with Crippen LogP contribution >= 0.6 is 27.5 Å². The van der Waals surface area contributed by atoms with Gasteiger partial charge in [-0.2, -0.15) is 0 Å². The summed E-state index contributed by atoms with van der Waals surface area (Å²) >= 11 is 8.98. The minimum atomic E-state index is -1.21. The molecule has 0 unspecified atom stereocenters. The standard InChI is InChI=1S/C11H12BrClN2O4/c12-7-5-6(13)1-2-8(7)14-11(19)15-9(3-4-16)10(17)18/h1-2,5,9,16H,3-4H2,(H,17,18)(H2,14,15,19)/t9-/m1/s1. The Morgan fingerprint density at radius 3 is 2.63 bits per heavy atom. The molecule has 8 heteroatoms. The van der Waals surface area contributed by atoms with Crippen molar-refractivity contribution in [2.75, 3.05) is 11.9 Å². The molecule has 0 aromatic heterocycles. The van der Waals surface area contributed by atoms with Gasteiger partial charge in [0.15, 0.2) is 0 Å². The van der Waals surface area contributed by atoms with Crippen LogP contribution in [0.2, 0.25) is 5.02 Å². The monoisotopic (exact) mass is 350 g/mol. The number of amides is 2. The number of rotatable bonds is 5. The Hall–Kier alpha value is -1.31. The second-order valence-corrected chi connectivity index (χ2v) is 4.92. The molecule has 0 fully saturated rings. The molecular weight excluding hydrogens is 339 g/mol. The Balaban J connectivity index is 2.66. The molecule has 0 radical (unpaired) electrons. The molecule has 19 heavy (non-hydrogen) atoms. The lowest BCUT2D eigenvalue weighted by Gasteiger charge is -2.14. The average molecular weight is 352 g/mol. The van der Waals surface area contributed by atoms with Crippen molar-refractivity contribution in [1.29, 1.82) is 0 Å². The van der Waals surface area contributed by atoms with Gasteiger partial charge in [-0.1, -0.05) is 11.6 Å². The van der Waals surface area contributed by atoms with E-state index in [1.54, 1.807) is 18.2 Å². The molecule has 0 aliphatic rings. The van der Waals surface area contributed by atoms with Gasteiger partial charge in [0.2, 0.25) is 0 Å². The number of aliphatic carboxylic acids is 1. The molecule has 0 saturated carbocycles. The lowest BCUT2D eigenvalue weighted by Crippen LogP contribution is -2.43. The van der Waals surface area contributed by atoms with E-state index < -0.39 is 18.0 Å². The van der Waals surface area contributed by atoms with Crippen molar-refractivity contribution in [1.82, 2.24) is 5.32 Å². The number of carboxylic acid groups (broad SMARTS) is 1. The Kier molecular flexibility index (Phi) is 6.07. The molecule has 1 atom stereocenters. The van der Waals surface area contributed by atoms with E-state index in [-0.39, 0.29) is 13.0 Å². The molecule has 1 rings (SSSR count). The summed E-state index contributed by atoms with van der Waals surface area (Å²) in [6.07, 6.45) is -0.0649. The highest BCUT2D eigenvalue weighted by Crippen LogP contribution is 2.25. The number of aliphatic hydroxyl groups is 1. The van der Waals surface area contributed by atoms with E-state index in [0.717, 1.165) is 0 Å². The molecule has 6 nitrogen and oxygen atoms in total. The van der Waals surface area contributed by atoms with E-state index in [1.807, 2.05) is 0 Å². The van der Waals surface area contributed by atoms with Crippen LogP contribution in [0.15, 0.2) is 22.7 Å². The van der Waals surface area contributed by atoms with E-state index in [9.17, 15) is 9.59 Å².